The van der Waals surface area contributed by atoms with Gasteiger partial charge < -0.3 is 5.32 Å². The summed E-state index contributed by atoms with van der Waals surface area (Å²) in [6.45, 7) is 0.569. The summed E-state index contributed by atoms with van der Waals surface area (Å²) < 4.78 is 1.51. The first kappa shape index (κ1) is 14.4. The van der Waals surface area contributed by atoms with E-state index in [0.29, 0.717) is 27.4 Å². The molecule has 1 N–H and O–H groups in total. The maximum Gasteiger partial charge on any atom is 0.267 e. The third kappa shape index (κ3) is 2.79. The van der Waals surface area contributed by atoms with Gasteiger partial charge in [-0.25, -0.2) is 4.98 Å². The van der Waals surface area contributed by atoms with Crippen molar-refractivity contribution in [3.63, 3.8) is 0 Å². The number of hydrogen-bond acceptors (Lipinski definition) is 4. The monoisotopic (exact) mass is 341 g/mol. The van der Waals surface area contributed by atoms with Crippen molar-refractivity contribution in [3.05, 3.63) is 50.4 Å². The SMILES string of the molecule is O=C(Nc1ccc(Cl)c(Cl)c1)c1cnc2n(c1=O)CCS2. The van der Waals surface area contributed by atoms with E-state index in [9.17, 15) is 9.59 Å². The lowest BCUT2D eigenvalue weighted by Gasteiger charge is -2.07. The fourth-order valence-corrected chi connectivity index (χ4v) is 3.16. The zero-order chi connectivity index (χ0) is 15.0. The van der Waals surface area contributed by atoms with Crippen LogP contribution in [0.5, 0.6) is 0 Å². The first-order valence-electron chi connectivity index (χ1n) is 6.05. The van der Waals surface area contributed by atoms with Crippen molar-refractivity contribution in [2.45, 2.75) is 11.7 Å². The van der Waals surface area contributed by atoms with Crippen LogP contribution >= 0.6 is 35.0 Å². The molecule has 1 aromatic heterocycles. The molecule has 21 heavy (non-hydrogen) atoms. The topological polar surface area (TPSA) is 64.0 Å². The van der Waals surface area contributed by atoms with Crippen LogP contribution in [-0.4, -0.2) is 21.2 Å². The summed E-state index contributed by atoms with van der Waals surface area (Å²) in [6, 6.07) is 4.71. The average molecular weight is 342 g/mol. The van der Waals surface area contributed by atoms with Crippen LogP contribution in [0.1, 0.15) is 10.4 Å². The number of nitrogens with one attached hydrogen (secondary N) is 1. The number of carbonyl (C=O) groups excluding carboxylic acids is 1. The van der Waals surface area contributed by atoms with Gasteiger partial charge in [-0.3, -0.25) is 14.2 Å². The molecule has 0 saturated carbocycles. The highest BCUT2D eigenvalue weighted by molar-refractivity contribution is 7.99. The lowest BCUT2D eigenvalue weighted by molar-refractivity contribution is 0.102. The molecule has 0 spiro atoms. The Balaban J connectivity index is 1.89. The Morgan fingerprint density at radius 2 is 2.14 bits per heavy atom. The quantitative estimate of drug-likeness (QED) is 0.853. The van der Waals surface area contributed by atoms with E-state index < -0.39 is 5.91 Å². The molecule has 3 rings (SSSR count). The van der Waals surface area contributed by atoms with Crippen LogP contribution in [0.4, 0.5) is 5.69 Å². The predicted octanol–water partition coefficient (Wildman–Crippen LogP) is 2.91. The summed E-state index contributed by atoms with van der Waals surface area (Å²) in [4.78, 5) is 28.5. The largest absolute Gasteiger partial charge is 0.322 e. The second kappa shape index (κ2) is 5.71. The normalized spacial score (nSPS) is 13.0. The zero-order valence-corrected chi connectivity index (χ0v) is 12.9. The van der Waals surface area contributed by atoms with Crippen LogP contribution in [0, 0.1) is 0 Å². The van der Waals surface area contributed by atoms with Gasteiger partial charge in [-0.2, -0.15) is 0 Å². The van der Waals surface area contributed by atoms with E-state index in [2.05, 4.69) is 10.3 Å². The first-order chi connectivity index (χ1) is 10.1. The predicted molar refractivity (Wildman–Crippen MR) is 83.6 cm³/mol. The van der Waals surface area contributed by atoms with E-state index in [1.54, 1.807) is 12.1 Å². The summed E-state index contributed by atoms with van der Waals surface area (Å²) in [5.41, 5.74) is 0.142. The molecular formula is C13H9Cl2N3O2S. The number of benzene rings is 1. The lowest BCUT2D eigenvalue weighted by atomic mass is 10.2. The molecule has 1 aromatic carbocycles. The van der Waals surface area contributed by atoms with Crippen molar-refractivity contribution in [1.29, 1.82) is 0 Å². The number of aromatic nitrogens is 2. The number of nitrogens with zero attached hydrogens (tertiary/aromatic N) is 2. The first-order valence-corrected chi connectivity index (χ1v) is 7.79. The van der Waals surface area contributed by atoms with Gasteiger partial charge in [0.1, 0.15) is 5.56 Å². The van der Waals surface area contributed by atoms with Crippen LogP contribution < -0.4 is 10.9 Å². The zero-order valence-electron chi connectivity index (χ0n) is 10.6. The van der Waals surface area contributed by atoms with Crippen LogP contribution in [0.25, 0.3) is 0 Å². The van der Waals surface area contributed by atoms with E-state index >= 15 is 0 Å². The fraction of sp³-hybridized carbons (Fsp3) is 0.154. The van der Waals surface area contributed by atoms with E-state index in [1.807, 2.05) is 0 Å². The smallest absolute Gasteiger partial charge is 0.267 e. The summed E-state index contributed by atoms with van der Waals surface area (Å²) >= 11 is 13.2. The second-order valence-corrected chi connectivity index (χ2v) is 6.22. The molecule has 5 nitrogen and oxygen atoms in total. The minimum atomic E-state index is -0.516. The molecule has 1 amide bonds. The highest BCUT2D eigenvalue weighted by Crippen LogP contribution is 2.25. The number of hydrogen-bond donors (Lipinski definition) is 1. The van der Waals surface area contributed by atoms with E-state index in [-0.39, 0.29) is 11.1 Å². The number of rotatable bonds is 2. The Morgan fingerprint density at radius 3 is 2.90 bits per heavy atom. The summed E-state index contributed by atoms with van der Waals surface area (Å²) in [6.07, 6.45) is 1.30. The van der Waals surface area contributed by atoms with Crippen molar-refractivity contribution in [2.24, 2.45) is 0 Å². The molecule has 0 bridgehead atoms. The van der Waals surface area contributed by atoms with Gasteiger partial charge in [-0.05, 0) is 18.2 Å². The molecule has 0 saturated heterocycles. The van der Waals surface area contributed by atoms with Gasteiger partial charge in [0.15, 0.2) is 5.16 Å². The van der Waals surface area contributed by atoms with Crippen molar-refractivity contribution in [1.82, 2.24) is 9.55 Å². The summed E-state index contributed by atoms with van der Waals surface area (Å²) in [5.74, 6) is 0.276. The molecule has 0 atom stereocenters. The summed E-state index contributed by atoms with van der Waals surface area (Å²) in [5, 5.41) is 3.98. The van der Waals surface area contributed by atoms with Crippen LogP contribution in [0.3, 0.4) is 0 Å². The third-order valence-electron chi connectivity index (χ3n) is 2.98. The van der Waals surface area contributed by atoms with Gasteiger partial charge in [0, 0.05) is 24.2 Å². The van der Waals surface area contributed by atoms with E-state index in [0.717, 1.165) is 5.75 Å². The fourth-order valence-electron chi connectivity index (χ4n) is 1.95. The minimum absolute atomic E-state index is 0.00678. The highest BCUT2D eigenvalue weighted by Gasteiger charge is 2.20. The van der Waals surface area contributed by atoms with Gasteiger partial charge in [0.05, 0.1) is 10.0 Å². The van der Waals surface area contributed by atoms with Gasteiger partial charge in [-0.1, -0.05) is 35.0 Å². The van der Waals surface area contributed by atoms with Gasteiger partial charge in [0.25, 0.3) is 11.5 Å². The molecule has 1 aliphatic heterocycles. The average Bonchev–Trinajstić information content (AvgIpc) is 2.92. The number of thioether (sulfide) groups is 1. The molecular weight excluding hydrogens is 333 g/mol. The Labute approximate surface area is 134 Å². The van der Waals surface area contributed by atoms with Crippen molar-refractivity contribution >= 4 is 46.6 Å². The summed E-state index contributed by atoms with van der Waals surface area (Å²) in [7, 11) is 0. The van der Waals surface area contributed by atoms with Crippen LogP contribution in [0.15, 0.2) is 34.3 Å². The third-order valence-corrected chi connectivity index (χ3v) is 4.69. The Bertz CT molecular complexity index is 791. The Kier molecular flexibility index (Phi) is 3.93. The molecule has 2 heterocycles. The van der Waals surface area contributed by atoms with Crippen LogP contribution in [-0.2, 0) is 6.54 Å². The number of halogens is 2. The number of fused-ring (bicyclic) bond motifs is 1. The molecule has 8 heteroatoms. The molecule has 0 aliphatic carbocycles. The number of amides is 1. The minimum Gasteiger partial charge on any atom is -0.322 e. The Hall–Kier alpha value is -1.50. The molecule has 1 aliphatic rings. The second-order valence-electron chi connectivity index (χ2n) is 4.34. The van der Waals surface area contributed by atoms with Gasteiger partial charge in [0.2, 0.25) is 0 Å². The maximum atomic E-state index is 12.2. The van der Waals surface area contributed by atoms with Crippen LogP contribution in [0.2, 0.25) is 10.0 Å². The molecule has 0 fully saturated rings. The lowest BCUT2D eigenvalue weighted by Crippen LogP contribution is -2.29. The molecule has 0 unspecified atom stereocenters. The number of anilines is 1. The van der Waals surface area contributed by atoms with Crippen molar-refractivity contribution in [3.8, 4) is 0 Å². The molecule has 0 radical (unpaired) electrons. The van der Waals surface area contributed by atoms with Gasteiger partial charge in [-0.15, -0.1) is 0 Å². The standard InChI is InChI=1S/C13H9Cl2N3O2S/c14-9-2-1-7(5-10(9)15)17-11(19)8-6-16-13-18(12(8)20)3-4-21-13/h1-2,5-6H,3-4H2,(H,17,19). The number of carbonyl (C=O) groups is 1. The molecule has 2 aromatic rings. The van der Waals surface area contributed by atoms with Crippen molar-refractivity contribution in [2.75, 3.05) is 11.1 Å². The van der Waals surface area contributed by atoms with E-state index in [1.165, 1.54) is 28.6 Å². The van der Waals surface area contributed by atoms with Gasteiger partial charge >= 0.3 is 0 Å². The molecule has 108 valence electrons. The maximum absolute atomic E-state index is 12.2. The van der Waals surface area contributed by atoms with E-state index in [4.69, 9.17) is 23.2 Å². The van der Waals surface area contributed by atoms with Crippen molar-refractivity contribution < 1.29 is 4.79 Å². The highest BCUT2D eigenvalue weighted by atomic mass is 35.5. The Morgan fingerprint density at radius 1 is 1.33 bits per heavy atom.